The summed E-state index contributed by atoms with van der Waals surface area (Å²) in [6.45, 7) is 2.78. The van der Waals surface area contributed by atoms with E-state index in [0.717, 1.165) is 6.42 Å². The second-order valence-corrected chi connectivity index (χ2v) is 5.32. The molecule has 0 radical (unpaired) electrons. The van der Waals surface area contributed by atoms with Crippen LogP contribution in [-0.2, 0) is 6.42 Å². The van der Waals surface area contributed by atoms with Crippen LogP contribution in [0.1, 0.15) is 40.0 Å². The molecule has 2 aromatic rings. The Hall–Kier alpha value is -2.60. The molecule has 1 atom stereocenters. The second-order valence-electron chi connectivity index (χ2n) is 5.32. The topological polar surface area (TPSA) is 44.1 Å². The van der Waals surface area contributed by atoms with Crippen molar-refractivity contribution in [3.05, 3.63) is 70.8 Å². The van der Waals surface area contributed by atoms with Gasteiger partial charge in [0.15, 0.2) is 0 Å². The van der Waals surface area contributed by atoms with E-state index in [9.17, 15) is 4.79 Å². The maximum atomic E-state index is 12.7. The fourth-order valence-electron chi connectivity index (χ4n) is 2.94. The maximum Gasteiger partial charge on any atom is 0.254 e. The fraction of sp³-hybridized carbons (Fsp3) is 0.222. The summed E-state index contributed by atoms with van der Waals surface area (Å²) in [6.07, 6.45) is 0.879. The predicted octanol–water partition coefficient (Wildman–Crippen LogP) is 3.32. The van der Waals surface area contributed by atoms with Crippen LogP contribution in [-0.4, -0.2) is 17.4 Å². The van der Waals surface area contributed by atoms with Gasteiger partial charge in [0.05, 0.1) is 17.7 Å². The molecule has 0 N–H and O–H groups in total. The Kier molecular flexibility index (Phi) is 3.45. The lowest BCUT2D eigenvalue weighted by atomic mass is 9.93. The quantitative estimate of drug-likeness (QED) is 0.802. The highest BCUT2D eigenvalue weighted by atomic mass is 16.2. The van der Waals surface area contributed by atoms with Gasteiger partial charge >= 0.3 is 0 Å². The van der Waals surface area contributed by atoms with Gasteiger partial charge in [0.1, 0.15) is 0 Å². The zero-order chi connectivity index (χ0) is 14.8. The summed E-state index contributed by atoms with van der Waals surface area (Å²) in [5, 5.41) is 8.96. The maximum absolute atomic E-state index is 12.7. The first-order chi connectivity index (χ1) is 10.2. The molecule has 104 valence electrons. The average Bonchev–Trinajstić information content (AvgIpc) is 2.55. The van der Waals surface area contributed by atoms with E-state index >= 15 is 0 Å². The zero-order valence-electron chi connectivity index (χ0n) is 11.9. The molecule has 1 heterocycles. The third-order valence-electron chi connectivity index (χ3n) is 4.09. The van der Waals surface area contributed by atoms with Crippen molar-refractivity contribution in [3.63, 3.8) is 0 Å². The summed E-state index contributed by atoms with van der Waals surface area (Å²) in [7, 11) is 0. The van der Waals surface area contributed by atoms with E-state index in [0.29, 0.717) is 17.7 Å². The number of carbonyl (C=O) groups excluding carboxylic acids is 1. The minimum atomic E-state index is -0.00546. The van der Waals surface area contributed by atoms with Crippen LogP contribution < -0.4 is 0 Å². The number of nitrogens with zero attached hydrogens (tertiary/aromatic N) is 2. The lowest BCUT2D eigenvalue weighted by Crippen LogP contribution is -2.38. The Labute approximate surface area is 124 Å². The molecule has 0 bridgehead atoms. The summed E-state index contributed by atoms with van der Waals surface area (Å²) in [6, 6.07) is 17.3. The first kappa shape index (κ1) is 13.4. The van der Waals surface area contributed by atoms with Crippen LogP contribution in [0, 0.1) is 11.3 Å². The summed E-state index contributed by atoms with van der Waals surface area (Å²) in [5.41, 5.74) is 3.64. The number of fused-ring (bicyclic) bond motifs is 1. The lowest BCUT2D eigenvalue weighted by molar-refractivity contribution is 0.0677. The molecule has 1 amide bonds. The Bertz CT molecular complexity index is 730. The van der Waals surface area contributed by atoms with Gasteiger partial charge < -0.3 is 4.90 Å². The third-order valence-corrected chi connectivity index (χ3v) is 4.09. The standard InChI is InChI=1S/C18H16N2O/c1-13-17-8-3-2-6-15(17)9-10-20(13)18(21)16-7-4-5-14(11-16)12-19/h2-8,11,13H,9-10H2,1H3. The van der Waals surface area contributed by atoms with E-state index in [2.05, 4.69) is 25.1 Å². The summed E-state index contributed by atoms with van der Waals surface area (Å²) in [5.74, 6) is -0.00546. The molecule has 0 saturated carbocycles. The monoisotopic (exact) mass is 276 g/mol. The largest absolute Gasteiger partial charge is 0.332 e. The number of hydrogen-bond acceptors (Lipinski definition) is 2. The van der Waals surface area contributed by atoms with E-state index < -0.39 is 0 Å². The van der Waals surface area contributed by atoms with Crippen LogP contribution >= 0.6 is 0 Å². The lowest BCUT2D eigenvalue weighted by Gasteiger charge is -2.35. The molecule has 3 heteroatoms. The van der Waals surface area contributed by atoms with Gasteiger partial charge in [0.2, 0.25) is 0 Å². The number of benzene rings is 2. The van der Waals surface area contributed by atoms with Crippen molar-refractivity contribution in [1.29, 1.82) is 5.26 Å². The number of hydrogen-bond donors (Lipinski definition) is 0. The second kappa shape index (κ2) is 5.41. The first-order valence-corrected chi connectivity index (χ1v) is 7.09. The molecule has 0 fully saturated rings. The van der Waals surface area contributed by atoms with E-state index in [1.165, 1.54) is 11.1 Å². The Balaban J connectivity index is 1.91. The highest BCUT2D eigenvalue weighted by molar-refractivity contribution is 5.95. The molecule has 21 heavy (non-hydrogen) atoms. The van der Waals surface area contributed by atoms with Gasteiger partial charge in [-0.3, -0.25) is 4.79 Å². The molecule has 1 aliphatic rings. The minimum absolute atomic E-state index is 0.00546. The van der Waals surface area contributed by atoms with Gasteiger partial charge in [0, 0.05) is 12.1 Å². The average molecular weight is 276 g/mol. The van der Waals surface area contributed by atoms with Crippen LogP contribution in [0.4, 0.5) is 0 Å². The number of carbonyl (C=O) groups is 1. The van der Waals surface area contributed by atoms with Gasteiger partial charge in [-0.1, -0.05) is 30.3 Å². The van der Waals surface area contributed by atoms with Crippen molar-refractivity contribution < 1.29 is 4.79 Å². The molecule has 3 rings (SSSR count). The first-order valence-electron chi connectivity index (χ1n) is 7.09. The molecule has 3 nitrogen and oxygen atoms in total. The van der Waals surface area contributed by atoms with E-state index in [4.69, 9.17) is 5.26 Å². The molecule has 2 aromatic carbocycles. The van der Waals surface area contributed by atoms with E-state index in [1.54, 1.807) is 24.3 Å². The molecular weight excluding hydrogens is 260 g/mol. The molecule has 0 aromatic heterocycles. The van der Waals surface area contributed by atoms with E-state index in [-0.39, 0.29) is 11.9 Å². The van der Waals surface area contributed by atoms with Crippen molar-refractivity contribution in [1.82, 2.24) is 4.90 Å². The molecular formula is C18H16N2O. The van der Waals surface area contributed by atoms with Crippen molar-refractivity contribution in [3.8, 4) is 6.07 Å². The van der Waals surface area contributed by atoms with Crippen LogP contribution in [0.5, 0.6) is 0 Å². The summed E-state index contributed by atoms with van der Waals surface area (Å²) < 4.78 is 0. The fourth-order valence-corrected chi connectivity index (χ4v) is 2.94. The van der Waals surface area contributed by atoms with Crippen LogP contribution in [0.25, 0.3) is 0 Å². The van der Waals surface area contributed by atoms with Crippen molar-refractivity contribution in [2.24, 2.45) is 0 Å². The highest BCUT2D eigenvalue weighted by Gasteiger charge is 2.27. The van der Waals surface area contributed by atoms with Crippen LogP contribution in [0.3, 0.4) is 0 Å². The van der Waals surface area contributed by atoms with Crippen LogP contribution in [0.2, 0.25) is 0 Å². The Morgan fingerprint density at radius 1 is 1.24 bits per heavy atom. The molecule has 0 saturated heterocycles. The zero-order valence-corrected chi connectivity index (χ0v) is 11.9. The molecule has 0 aliphatic carbocycles. The van der Waals surface area contributed by atoms with Gasteiger partial charge in [-0.05, 0) is 42.7 Å². The third kappa shape index (κ3) is 2.41. The minimum Gasteiger partial charge on any atom is -0.332 e. The normalized spacial score (nSPS) is 17.0. The SMILES string of the molecule is CC1c2ccccc2CCN1C(=O)c1cccc(C#N)c1. The van der Waals surface area contributed by atoms with Crippen molar-refractivity contribution >= 4 is 5.91 Å². The van der Waals surface area contributed by atoms with Crippen molar-refractivity contribution in [2.45, 2.75) is 19.4 Å². The smallest absolute Gasteiger partial charge is 0.254 e. The highest BCUT2D eigenvalue weighted by Crippen LogP contribution is 2.30. The van der Waals surface area contributed by atoms with Crippen molar-refractivity contribution in [2.75, 3.05) is 6.54 Å². The van der Waals surface area contributed by atoms with Gasteiger partial charge in [-0.15, -0.1) is 0 Å². The summed E-state index contributed by atoms with van der Waals surface area (Å²) >= 11 is 0. The van der Waals surface area contributed by atoms with Gasteiger partial charge in [0.25, 0.3) is 5.91 Å². The molecule has 0 spiro atoms. The Morgan fingerprint density at radius 2 is 2.05 bits per heavy atom. The van der Waals surface area contributed by atoms with E-state index in [1.807, 2.05) is 17.0 Å². The Morgan fingerprint density at radius 3 is 2.86 bits per heavy atom. The van der Waals surface area contributed by atoms with Gasteiger partial charge in [-0.25, -0.2) is 0 Å². The predicted molar refractivity (Wildman–Crippen MR) is 80.8 cm³/mol. The van der Waals surface area contributed by atoms with Crippen LogP contribution in [0.15, 0.2) is 48.5 Å². The summed E-state index contributed by atoms with van der Waals surface area (Å²) in [4.78, 5) is 14.6. The van der Waals surface area contributed by atoms with Gasteiger partial charge in [-0.2, -0.15) is 5.26 Å². The molecule has 1 unspecified atom stereocenters. The number of rotatable bonds is 1. The number of nitriles is 1. The number of amides is 1. The molecule has 1 aliphatic heterocycles.